The number of nitrogens with one attached hydrogen (secondary N) is 1. The number of halogens is 1. The summed E-state index contributed by atoms with van der Waals surface area (Å²) in [5.41, 5.74) is 3.58. The number of carbonyl (C=O) groups is 1. The maximum absolute atomic E-state index is 12.3. The van der Waals surface area contributed by atoms with Gasteiger partial charge in [0.2, 0.25) is 4.90 Å². The fourth-order valence-corrected chi connectivity index (χ4v) is 4.82. The summed E-state index contributed by atoms with van der Waals surface area (Å²) < 4.78 is 13.0. The lowest BCUT2D eigenvalue weighted by Gasteiger charge is -2.15. The number of benzene rings is 3. The molecule has 0 spiro atoms. The van der Waals surface area contributed by atoms with E-state index < -0.39 is 17.3 Å². The standard InChI is InChI=1S/C23H24ClN3O3S/c1-3-13-27(4-2)31(30)22-12-10-17(18-7-5-6-8-19(18)22)15-25-26-23(29)16-9-11-21(28)20(24)14-16/h5-12,14-15,30H,3-4,13H2,1-2H3,(H-,26,28,29)/p+1/b25-15+. The minimum atomic E-state index is -1.01. The number of nitrogens with zero attached hydrogens (tertiary/aromatic N) is 2. The molecule has 3 aromatic carbocycles. The summed E-state index contributed by atoms with van der Waals surface area (Å²) in [5.74, 6) is -0.522. The lowest BCUT2D eigenvalue weighted by molar-refractivity contribution is 0.0955. The van der Waals surface area contributed by atoms with E-state index in [0.29, 0.717) is 5.56 Å². The molecule has 0 aliphatic heterocycles. The predicted octanol–water partition coefficient (Wildman–Crippen LogP) is 5.06. The summed E-state index contributed by atoms with van der Waals surface area (Å²) in [6.45, 7) is 5.72. The molecule has 0 bridgehead atoms. The van der Waals surface area contributed by atoms with Crippen molar-refractivity contribution in [2.24, 2.45) is 5.10 Å². The van der Waals surface area contributed by atoms with Crippen molar-refractivity contribution in [3.05, 3.63) is 70.7 Å². The summed E-state index contributed by atoms with van der Waals surface area (Å²) in [6, 6.07) is 15.8. The average molecular weight is 459 g/mol. The molecule has 3 aromatic rings. The van der Waals surface area contributed by atoms with Crippen LogP contribution in [-0.2, 0) is 11.4 Å². The second-order valence-electron chi connectivity index (χ2n) is 6.85. The minimum Gasteiger partial charge on any atom is -0.506 e. The molecule has 3 N–H and O–H groups in total. The van der Waals surface area contributed by atoms with Crippen molar-refractivity contribution < 1.29 is 14.5 Å². The number of phenolic OH excluding ortho intramolecular Hbond substituents is 1. The third-order valence-electron chi connectivity index (χ3n) is 4.76. The highest BCUT2D eigenvalue weighted by Gasteiger charge is 2.30. The van der Waals surface area contributed by atoms with Crippen LogP contribution in [0.5, 0.6) is 5.75 Å². The van der Waals surface area contributed by atoms with Gasteiger partial charge < -0.3 is 5.11 Å². The van der Waals surface area contributed by atoms with Crippen molar-refractivity contribution in [3.63, 3.8) is 0 Å². The zero-order chi connectivity index (χ0) is 22.4. The molecule has 31 heavy (non-hydrogen) atoms. The van der Waals surface area contributed by atoms with Gasteiger partial charge >= 0.3 is 0 Å². The van der Waals surface area contributed by atoms with Crippen molar-refractivity contribution >= 4 is 45.9 Å². The van der Waals surface area contributed by atoms with E-state index in [-0.39, 0.29) is 10.8 Å². The van der Waals surface area contributed by atoms with Gasteiger partial charge in [0, 0.05) is 35.7 Å². The maximum atomic E-state index is 12.3. The Hall–Kier alpha value is -2.58. The van der Waals surface area contributed by atoms with Gasteiger partial charge in [-0.25, -0.2) is 5.43 Å². The van der Waals surface area contributed by atoms with Crippen LogP contribution in [0, 0.1) is 0 Å². The van der Waals surface area contributed by atoms with E-state index in [1.54, 1.807) is 6.21 Å². The van der Waals surface area contributed by atoms with E-state index in [1.807, 2.05) is 43.3 Å². The van der Waals surface area contributed by atoms with Gasteiger partial charge in [0.05, 0.1) is 11.2 Å². The van der Waals surface area contributed by atoms with Crippen molar-refractivity contribution in [2.45, 2.75) is 25.2 Å². The second kappa shape index (κ2) is 10.6. The molecular weight excluding hydrogens is 434 g/mol. The summed E-state index contributed by atoms with van der Waals surface area (Å²) in [6.07, 6.45) is 2.54. The lowest BCUT2D eigenvalue weighted by Crippen LogP contribution is -2.31. The number of hydrazone groups is 1. The molecule has 0 aromatic heterocycles. The molecule has 1 amide bonds. The Labute approximate surface area is 189 Å². The molecule has 0 radical (unpaired) electrons. The van der Waals surface area contributed by atoms with Crippen LogP contribution in [0.3, 0.4) is 0 Å². The van der Waals surface area contributed by atoms with E-state index in [4.69, 9.17) is 11.6 Å². The first-order chi connectivity index (χ1) is 15.0. The zero-order valence-corrected chi connectivity index (χ0v) is 19.0. The molecule has 1 atom stereocenters. The minimum absolute atomic E-state index is 0.0863. The molecule has 1 unspecified atom stereocenters. The molecule has 3 rings (SSSR count). The highest BCUT2D eigenvalue weighted by molar-refractivity contribution is 7.89. The fraction of sp³-hybridized carbons (Fsp3) is 0.217. The van der Waals surface area contributed by atoms with Crippen LogP contribution in [0.25, 0.3) is 10.8 Å². The molecule has 0 aliphatic carbocycles. The molecule has 6 nitrogen and oxygen atoms in total. The number of hydrogen-bond acceptors (Lipinski definition) is 5. The van der Waals surface area contributed by atoms with E-state index in [0.717, 1.165) is 40.7 Å². The number of phenols is 1. The largest absolute Gasteiger partial charge is 0.506 e. The third-order valence-corrected chi connectivity index (χ3v) is 6.75. The van der Waals surface area contributed by atoms with Crippen LogP contribution in [0.4, 0.5) is 0 Å². The zero-order valence-electron chi connectivity index (χ0n) is 17.4. The number of hydrogen-bond donors (Lipinski definition) is 3. The highest BCUT2D eigenvalue weighted by Crippen LogP contribution is 2.28. The van der Waals surface area contributed by atoms with E-state index in [9.17, 15) is 14.5 Å². The summed E-state index contributed by atoms with van der Waals surface area (Å²) >= 11 is 4.84. The number of rotatable bonds is 8. The summed E-state index contributed by atoms with van der Waals surface area (Å²) in [7, 11) is 0. The first-order valence-electron chi connectivity index (χ1n) is 9.98. The molecule has 0 aliphatic rings. The van der Waals surface area contributed by atoms with Crippen LogP contribution >= 0.6 is 11.6 Å². The smallest absolute Gasteiger partial charge is 0.278 e. The Morgan fingerprint density at radius 3 is 2.58 bits per heavy atom. The first kappa shape index (κ1) is 23.1. The highest BCUT2D eigenvalue weighted by atomic mass is 35.5. The lowest BCUT2D eigenvalue weighted by atomic mass is 10.1. The van der Waals surface area contributed by atoms with Crippen molar-refractivity contribution in [2.75, 3.05) is 13.1 Å². The summed E-state index contributed by atoms with van der Waals surface area (Å²) in [5, 5.41) is 15.5. The molecule has 8 heteroatoms. The molecule has 0 saturated heterocycles. The van der Waals surface area contributed by atoms with Crippen LogP contribution in [0.15, 0.2) is 64.6 Å². The Bertz CT molecular complexity index is 1110. The van der Waals surface area contributed by atoms with E-state index in [2.05, 4.69) is 21.8 Å². The molecule has 162 valence electrons. The van der Waals surface area contributed by atoms with Crippen LogP contribution < -0.4 is 5.43 Å². The Balaban J connectivity index is 1.85. The van der Waals surface area contributed by atoms with Crippen molar-refractivity contribution in [1.29, 1.82) is 0 Å². The number of amides is 1. The predicted molar refractivity (Wildman–Crippen MR) is 128 cm³/mol. The van der Waals surface area contributed by atoms with Gasteiger partial charge in [0.1, 0.15) is 5.75 Å². The Morgan fingerprint density at radius 2 is 1.90 bits per heavy atom. The average Bonchev–Trinajstić information content (AvgIpc) is 2.78. The van der Waals surface area contributed by atoms with Gasteiger partial charge in [0.25, 0.3) is 17.3 Å². The third kappa shape index (κ3) is 5.37. The fourth-order valence-electron chi connectivity index (χ4n) is 3.20. The molecule has 0 heterocycles. The quantitative estimate of drug-likeness (QED) is 0.250. The first-order valence-corrected chi connectivity index (χ1v) is 11.5. The molecular formula is C23H25ClN3O3S+. The maximum Gasteiger partial charge on any atom is 0.278 e. The van der Waals surface area contributed by atoms with Gasteiger partial charge in [0.15, 0.2) is 0 Å². The molecule has 0 saturated carbocycles. The number of aromatic hydroxyl groups is 1. The normalized spacial score (nSPS) is 12.5. The SMILES string of the molecule is CCCN(CC)[S+](O)c1ccc(/C=N/NC(=O)c2ccc(O)c(Cl)c2)c2ccccc12. The van der Waals surface area contributed by atoms with Gasteiger partial charge in [-0.3, -0.25) is 4.79 Å². The van der Waals surface area contributed by atoms with Gasteiger partial charge in [-0.05, 0) is 49.1 Å². The van der Waals surface area contributed by atoms with Gasteiger partial charge in [-0.15, -0.1) is 0 Å². The number of carbonyl (C=O) groups excluding carboxylic acids is 1. The van der Waals surface area contributed by atoms with Crippen LogP contribution in [0.1, 0.15) is 36.2 Å². The van der Waals surface area contributed by atoms with E-state index >= 15 is 0 Å². The van der Waals surface area contributed by atoms with Crippen LogP contribution in [0.2, 0.25) is 5.02 Å². The Morgan fingerprint density at radius 1 is 1.16 bits per heavy atom. The second-order valence-corrected chi connectivity index (χ2v) is 8.74. The van der Waals surface area contributed by atoms with Crippen molar-refractivity contribution in [3.8, 4) is 5.75 Å². The van der Waals surface area contributed by atoms with Gasteiger partial charge in [-0.2, -0.15) is 9.65 Å². The van der Waals surface area contributed by atoms with E-state index in [1.165, 1.54) is 18.2 Å². The monoisotopic (exact) mass is 458 g/mol. The topological polar surface area (TPSA) is 85.2 Å². The van der Waals surface area contributed by atoms with Gasteiger partial charge in [-0.1, -0.05) is 41.0 Å². The van der Waals surface area contributed by atoms with Crippen molar-refractivity contribution in [1.82, 2.24) is 9.73 Å². The Kier molecular flexibility index (Phi) is 7.92. The number of fused-ring (bicyclic) bond motifs is 1. The summed E-state index contributed by atoms with van der Waals surface area (Å²) in [4.78, 5) is 13.1. The molecule has 0 fully saturated rings. The van der Waals surface area contributed by atoms with Crippen LogP contribution in [-0.4, -0.2) is 39.2 Å².